The first-order valence-electron chi connectivity index (χ1n) is 31.6. The Balaban J connectivity index is 2.32. The highest BCUT2D eigenvalue weighted by Gasteiger charge is 2.34. The van der Waals surface area contributed by atoms with Gasteiger partial charge in [-0.2, -0.15) is 25.3 Å². The average molecular weight is 1410 g/mol. The molecule has 0 spiro atoms. The molecule has 11 amide bonds. The van der Waals surface area contributed by atoms with Gasteiger partial charge in [0.15, 0.2) is 5.96 Å². The molecule has 1 unspecified atom stereocenters. The number of nitrogens with zero attached hydrogens (tertiary/aromatic N) is 2. The molecule has 0 aromatic heterocycles. The van der Waals surface area contributed by atoms with Crippen LogP contribution >= 0.6 is 37.0 Å². The number of carboxylic acid groups (broad SMARTS) is 1. The molecule has 36 heteroatoms. The lowest BCUT2D eigenvalue weighted by Gasteiger charge is -2.28. The summed E-state index contributed by atoms with van der Waals surface area (Å²) in [5, 5.41) is 77.2. The molecule has 1 saturated heterocycles. The lowest BCUT2D eigenvalue weighted by Crippen LogP contribution is -2.60. The second-order valence-electron chi connectivity index (χ2n) is 24.1. The van der Waals surface area contributed by atoms with Gasteiger partial charge in [0.1, 0.15) is 42.3 Å². The van der Waals surface area contributed by atoms with Gasteiger partial charge in [-0.15, -0.1) is 11.8 Å². The molecule has 1 fully saturated rings. The lowest BCUT2D eigenvalue weighted by atomic mass is 9.94. The number of benzene rings is 1. The van der Waals surface area contributed by atoms with Crippen LogP contribution in [0.25, 0.3) is 0 Å². The Morgan fingerprint density at radius 3 is 1.60 bits per heavy atom. The molecule has 0 radical (unpaired) electrons. The SMILES string of the molecule is C/C(=N/O)C(C)(C)NCCC(CCNC(=O)CCCC(=O)NCCCC[C@@H]1NC(=O)CSCC(C(N)=O)NC(=O)[C@H](Cc2ccccc2)NC(=O)[C@H](CS)NC(=O)[C@H](CC(=O)O)NC(=O)CNC(=O)[C@H](CCCNC(=N)N)NC(=O)[C@H](CS)NC1=O)CCNC(C)(C)/C(C)=N\O. The second-order valence-corrected chi connectivity index (χ2v) is 25.8. The molecular formula is C60H100N18O15S3. The average Bonchev–Trinajstić information content (AvgIpc) is 0.983. The van der Waals surface area contributed by atoms with Gasteiger partial charge >= 0.3 is 5.97 Å². The zero-order chi connectivity index (χ0) is 72.0. The molecule has 0 saturated carbocycles. The van der Waals surface area contributed by atoms with Crippen LogP contribution < -0.4 is 80.6 Å². The summed E-state index contributed by atoms with van der Waals surface area (Å²) in [4.78, 5) is 161. The summed E-state index contributed by atoms with van der Waals surface area (Å²) in [5.74, 6) is -12.4. The van der Waals surface area contributed by atoms with Gasteiger partial charge in [-0.1, -0.05) is 40.6 Å². The van der Waals surface area contributed by atoms with Crippen LogP contribution in [0.5, 0.6) is 0 Å². The first-order valence-corrected chi connectivity index (χ1v) is 34.0. The van der Waals surface area contributed by atoms with Gasteiger partial charge in [0.05, 0.1) is 41.2 Å². The zero-order valence-electron chi connectivity index (χ0n) is 55.4. The van der Waals surface area contributed by atoms with Gasteiger partial charge in [0.2, 0.25) is 65.0 Å². The number of nitrogens with two attached hydrogens (primary N) is 2. The Bertz CT molecular complexity index is 2800. The topological polar surface area (TPSA) is 523 Å². The molecule has 1 aromatic rings. The number of aliphatic carboxylic acids is 1. The van der Waals surface area contributed by atoms with Crippen molar-refractivity contribution in [3.05, 3.63) is 35.9 Å². The Morgan fingerprint density at radius 1 is 0.604 bits per heavy atom. The summed E-state index contributed by atoms with van der Waals surface area (Å²) in [6.07, 6.45) is 1.80. The number of oxime groups is 2. The van der Waals surface area contributed by atoms with E-state index in [9.17, 15) is 73.1 Å². The molecule has 1 aliphatic heterocycles. The highest BCUT2D eigenvalue weighted by Crippen LogP contribution is 2.17. The first-order chi connectivity index (χ1) is 45.4. The van der Waals surface area contributed by atoms with E-state index in [-0.39, 0.29) is 99.7 Å². The molecular weight excluding hydrogens is 1310 g/mol. The third-order valence-electron chi connectivity index (χ3n) is 15.7. The normalized spacial score (nSPS) is 21.0. The van der Waals surface area contributed by atoms with E-state index in [1.165, 1.54) is 0 Å². The van der Waals surface area contributed by atoms with E-state index in [1.807, 2.05) is 27.7 Å². The molecule has 1 aliphatic rings. The quantitative estimate of drug-likeness (QED) is 0.00854. The van der Waals surface area contributed by atoms with Gasteiger partial charge in [0, 0.05) is 56.2 Å². The fraction of sp³-hybridized carbons (Fsp3) is 0.650. The van der Waals surface area contributed by atoms with Crippen LogP contribution in [0.2, 0.25) is 0 Å². The summed E-state index contributed by atoms with van der Waals surface area (Å²) in [6, 6.07) is -2.13. The molecule has 1 heterocycles. The van der Waals surface area contributed by atoms with Crippen molar-refractivity contribution in [1.29, 1.82) is 5.41 Å². The third-order valence-corrected chi connectivity index (χ3v) is 17.5. The Hall–Kier alpha value is -7.96. The van der Waals surface area contributed by atoms with Gasteiger partial charge < -0.3 is 96.1 Å². The summed E-state index contributed by atoms with van der Waals surface area (Å²) in [5.41, 5.74) is 11.6. The van der Waals surface area contributed by atoms with E-state index < -0.39 is 137 Å². The van der Waals surface area contributed by atoms with Gasteiger partial charge in [-0.05, 0) is 124 Å². The van der Waals surface area contributed by atoms with E-state index >= 15 is 0 Å². The van der Waals surface area contributed by atoms with E-state index in [4.69, 9.17) is 16.9 Å². The van der Waals surface area contributed by atoms with E-state index in [1.54, 1.807) is 44.2 Å². The maximum Gasteiger partial charge on any atom is 0.305 e. The number of hydrogen-bond acceptors (Lipinski definition) is 22. The molecule has 96 heavy (non-hydrogen) atoms. The van der Waals surface area contributed by atoms with Crippen LogP contribution in [-0.4, -0.2) is 220 Å². The number of amides is 11. The third kappa shape index (κ3) is 33.6. The summed E-state index contributed by atoms with van der Waals surface area (Å²) < 4.78 is 0. The molecule has 7 atom stereocenters. The number of carbonyl (C=O) groups is 12. The smallest absolute Gasteiger partial charge is 0.305 e. The van der Waals surface area contributed by atoms with Gasteiger partial charge in [-0.3, -0.25) is 62.9 Å². The molecule has 0 bridgehead atoms. The summed E-state index contributed by atoms with van der Waals surface area (Å²) >= 11 is 9.30. The Kier molecular flexibility index (Phi) is 39.2. The van der Waals surface area contributed by atoms with Crippen molar-refractivity contribution < 1.29 is 73.1 Å². The number of thiol groups is 2. The van der Waals surface area contributed by atoms with Crippen molar-refractivity contribution in [1.82, 2.24) is 69.1 Å². The molecule has 33 nitrogen and oxygen atoms in total. The molecule has 2 rings (SSSR count). The van der Waals surface area contributed by atoms with E-state index in [0.29, 0.717) is 49.5 Å². The molecule has 1 aromatic carbocycles. The number of hydrogen-bond donors (Lipinski definition) is 21. The predicted octanol–water partition coefficient (Wildman–Crippen LogP) is -2.64. The van der Waals surface area contributed by atoms with Crippen LogP contribution in [0.15, 0.2) is 40.6 Å². The van der Waals surface area contributed by atoms with Crippen molar-refractivity contribution in [3.8, 4) is 0 Å². The Labute approximate surface area is 574 Å². The Morgan fingerprint density at radius 2 is 1.07 bits per heavy atom. The van der Waals surface area contributed by atoms with Crippen molar-refractivity contribution >= 4 is 125 Å². The maximum atomic E-state index is 14.1. The molecule has 0 aliphatic carbocycles. The van der Waals surface area contributed by atoms with Crippen molar-refractivity contribution in [3.63, 3.8) is 0 Å². The van der Waals surface area contributed by atoms with Crippen molar-refractivity contribution in [2.45, 2.75) is 178 Å². The number of primary amides is 1. The molecule has 21 N–H and O–H groups in total. The number of rotatable bonds is 33. The number of nitrogens with one attached hydrogen (secondary N) is 14. The summed E-state index contributed by atoms with van der Waals surface area (Å²) in [7, 11) is 0. The van der Waals surface area contributed by atoms with Crippen LogP contribution in [0.3, 0.4) is 0 Å². The minimum absolute atomic E-state index is 0.0298. The summed E-state index contributed by atoms with van der Waals surface area (Å²) in [6.45, 7) is 12.0. The number of thioether (sulfide) groups is 1. The predicted molar refractivity (Wildman–Crippen MR) is 367 cm³/mol. The number of guanidine groups is 1. The molecule has 538 valence electrons. The van der Waals surface area contributed by atoms with Crippen LogP contribution in [0.4, 0.5) is 0 Å². The lowest BCUT2D eigenvalue weighted by molar-refractivity contribution is -0.141. The van der Waals surface area contributed by atoms with Gasteiger partial charge in [0.25, 0.3) is 0 Å². The largest absolute Gasteiger partial charge is 0.481 e. The maximum absolute atomic E-state index is 14.1. The number of unbranched alkanes of at least 4 members (excludes halogenated alkanes) is 1. The minimum atomic E-state index is -1.83. The van der Waals surface area contributed by atoms with Crippen LogP contribution in [-0.2, 0) is 64.0 Å². The standard InChI is InChI=1S/C60H100N18O15S3/c1-35(77-92)59(3,4)68-26-21-37(22-27-69-60(5,6)36(2)78-93)20-25-65-47(80)19-12-18-46(79)64-23-11-10-16-40-53(87)74-43(31-94)56(90)72-39(17-13-24-66-58(62)63)52(86)67-30-48(81)71-42(29-50(83)84)55(89)75-44(32-95)57(91)73-41(28-38-14-8-7-9-15-38)54(88)76-45(51(61)85)33-96-34-49(82)70-40/h7-9,14-15,37,39-45,68-69,92-95H,10-13,16-34H2,1-6H3,(H2,61,85)(H,64,79)(H,65,80)(H,67,86)(H,70,82)(H,71,81)(H,72,90)(H,73,91)(H,74,87)(H,75,89)(H,76,88)(H,83,84)(H4,62,63,66)/b77-35-,78-36-/t39-,40-,41-,42-,43-,44-,45?/m0/s1. The highest BCUT2D eigenvalue weighted by atomic mass is 32.2. The van der Waals surface area contributed by atoms with Crippen LogP contribution in [0, 0.1) is 11.3 Å². The van der Waals surface area contributed by atoms with Gasteiger partial charge in [-0.25, -0.2) is 0 Å². The van der Waals surface area contributed by atoms with Crippen molar-refractivity contribution in [2.24, 2.45) is 27.7 Å². The van der Waals surface area contributed by atoms with E-state index in [2.05, 4.69) is 105 Å². The highest BCUT2D eigenvalue weighted by molar-refractivity contribution is 8.00. The number of carboxylic acids is 1. The van der Waals surface area contributed by atoms with Crippen molar-refractivity contribution in [2.75, 3.05) is 62.3 Å². The first kappa shape index (κ1) is 84.1. The second kappa shape index (κ2) is 44.7. The number of carbonyl (C=O) groups excluding carboxylic acids is 11. The van der Waals surface area contributed by atoms with E-state index in [0.717, 1.165) is 24.6 Å². The zero-order valence-corrected chi connectivity index (χ0v) is 58.0. The van der Waals surface area contributed by atoms with Crippen LogP contribution in [0.1, 0.15) is 124 Å². The fourth-order valence-electron chi connectivity index (χ4n) is 9.32. The fourth-order valence-corrected chi connectivity index (χ4v) is 10.7. The monoisotopic (exact) mass is 1410 g/mol. The minimum Gasteiger partial charge on any atom is -0.481 e.